The Morgan fingerprint density at radius 1 is 1.46 bits per heavy atom. The molecule has 0 spiro atoms. The van der Waals surface area contributed by atoms with Crippen molar-refractivity contribution >= 4 is 33.3 Å². The molecule has 1 aromatic carbocycles. The summed E-state index contributed by atoms with van der Waals surface area (Å²) in [4.78, 5) is 22.8. The normalized spacial score (nSPS) is 10.1. The Morgan fingerprint density at radius 2 is 2.12 bits per heavy atom. The number of nitrogen functional groups attached to an aromatic ring is 1. The number of esters is 1. The molecule has 9 nitrogen and oxygen atoms in total. The Labute approximate surface area is 144 Å². The summed E-state index contributed by atoms with van der Waals surface area (Å²) in [6.45, 7) is 0. The zero-order chi connectivity index (χ0) is 18.0. The Balaban J connectivity index is 2.89. The van der Waals surface area contributed by atoms with Crippen LogP contribution >= 0.6 is 15.9 Å². The van der Waals surface area contributed by atoms with Gasteiger partial charge in [0.2, 0.25) is 0 Å². The van der Waals surface area contributed by atoms with Crippen LogP contribution in [0.2, 0.25) is 0 Å². The fourth-order valence-corrected chi connectivity index (χ4v) is 2.77. The molecule has 0 atom stereocenters. The van der Waals surface area contributed by atoms with E-state index < -0.39 is 10.9 Å². The van der Waals surface area contributed by atoms with E-state index >= 15 is 0 Å². The lowest BCUT2D eigenvalue weighted by Crippen LogP contribution is -2.12. The number of anilines is 1. The van der Waals surface area contributed by atoms with Crippen LogP contribution in [0.15, 0.2) is 22.8 Å². The van der Waals surface area contributed by atoms with Crippen LogP contribution in [0.3, 0.4) is 0 Å². The van der Waals surface area contributed by atoms with Crippen molar-refractivity contribution in [3.05, 3.63) is 44.2 Å². The van der Waals surface area contributed by atoms with Gasteiger partial charge in [-0.25, -0.2) is 4.79 Å². The average molecular weight is 395 g/mol. The van der Waals surface area contributed by atoms with Gasteiger partial charge in [0.15, 0.2) is 5.69 Å². The molecule has 0 saturated heterocycles. The highest BCUT2D eigenvalue weighted by molar-refractivity contribution is 9.10. The Hall–Kier alpha value is -3.06. The van der Waals surface area contributed by atoms with E-state index in [0.717, 1.165) is 11.7 Å². The molecule has 0 aliphatic rings. The number of nitro benzene ring substituents is 1. The summed E-state index contributed by atoms with van der Waals surface area (Å²) < 4.78 is 11.1. The topological polar surface area (TPSA) is 133 Å². The van der Waals surface area contributed by atoms with Gasteiger partial charge in [0.05, 0.1) is 40.9 Å². The van der Waals surface area contributed by atoms with Gasteiger partial charge in [0, 0.05) is 6.20 Å². The molecule has 10 heteroatoms. The van der Waals surface area contributed by atoms with Gasteiger partial charge < -0.3 is 19.8 Å². The van der Waals surface area contributed by atoms with Crippen LogP contribution in [-0.2, 0) is 4.74 Å². The highest BCUT2D eigenvalue weighted by atomic mass is 79.9. The first-order valence-electron chi connectivity index (χ1n) is 6.37. The third-order valence-electron chi connectivity index (χ3n) is 3.23. The second kappa shape index (κ2) is 6.59. The zero-order valence-electron chi connectivity index (χ0n) is 12.6. The highest BCUT2D eigenvalue weighted by Gasteiger charge is 2.28. The SMILES string of the molecule is COC(=O)c1c(N)c(C#N)cn1-c1c(Br)cc(OC)cc1[N+](=O)[O-]. The number of halogens is 1. The fraction of sp³-hybridized carbons (Fsp3) is 0.143. The number of carbonyl (C=O) groups is 1. The molecule has 1 heterocycles. The van der Waals surface area contributed by atoms with Crippen LogP contribution in [0.25, 0.3) is 5.69 Å². The van der Waals surface area contributed by atoms with E-state index in [2.05, 4.69) is 20.7 Å². The Kier molecular flexibility index (Phi) is 4.75. The summed E-state index contributed by atoms with van der Waals surface area (Å²) in [5, 5.41) is 20.6. The summed E-state index contributed by atoms with van der Waals surface area (Å²) in [5.74, 6) is -0.580. The molecule has 124 valence electrons. The minimum absolute atomic E-state index is 0.00702. The van der Waals surface area contributed by atoms with E-state index in [-0.39, 0.29) is 38.5 Å². The largest absolute Gasteiger partial charge is 0.496 e. The maximum absolute atomic E-state index is 12.0. The number of ether oxygens (including phenoxy) is 2. The van der Waals surface area contributed by atoms with Crippen molar-refractivity contribution in [3.8, 4) is 17.5 Å². The number of nitrogens with two attached hydrogens (primary N) is 1. The van der Waals surface area contributed by atoms with E-state index in [1.54, 1.807) is 0 Å². The molecule has 0 saturated carbocycles. The van der Waals surface area contributed by atoms with Crippen LogP contribution < -0.4 is 10.5 Å². The third kappa shape index (κ3) is 2.77. The van der Waals surface area contributed by atoms with Crippen LogP contribution in [0.5, 0.6) is 5.75 Å². The zero-order valence-corrected chi connectivity index (χ0v) is 14.2. The summed E-state index contributed by atoms with van der Waals surface area (Å²) in [6, 6.07) is 4.52. The number of carbonyl (C=O) groups excluding carboxylic acids is 1. The van der Waals surface area contributed by atoms with Gasteiger partial charge in [-0.1, -0.05) is 0 Å². The van der Waals surface area contributed by atoms with Crippen molar-refractivity contribution in [1.82, 2.24) is 4.57 Å². The van der Waals surface area contributed by atoms with Gasteiger partial charge in [0.25, 0.3) is 5.69 Å². The van der Waals surface area contributed by atoms with Crippen molar-refractivity contribution in [2.24, 2.45) is 0 Å². The summed E-state index contributed by atoms with van der Waals surface area (Å²) >= 11 is 3.22. The summed E-state index contributed by atoms with van der Waals surface area (Å²) in [5.41, 5.74) is 5.18. The van der Waals surface area contributed by atoms with Crippen molar-refractivity contribution < 1.29 is 19.2 Å². The second-order valence-electron chi connectivity index (χ2n) is 4.51. The lowest BCUT2D eigenvalue weighted by Gasteiger charge is -2.12. The molecule has 2 N–H and O–H groups in total. The van der Waals surface area contributed by atoms with Crippen molar-refractivity contribution in [2.75, 3.05) is 20.0 Å². The van der Waals surface area contributed by atoms with Gasteiger partial charge >= 0.3 is 5.97 Å². The molecule has 24 heavy (non-hydrogen) atoms. The third-order valence-corrected chi connectivity index (χ3v) is 3.84. The van der Waals surface area contributed by atoms with E-state index in [1.807, 2.05) is 6.07 Å². The molecule has 0 radical (unpaired) electrons. The average Bonchev–Trinajstić information content (AvgIpc) is 2.89. The van der Waals surface area contributed by atoms with Crippen LogP contribution in [-0.4, -0.2) is 29.7 Å². The maximum Gasteiger partial charge on any atom is 0.357 e. The molecule has 0 unspecified atom stereocenters. The molecular weight excluding hydrogens is 384 g/mol. The Morgan fingerprint density at radius 3 is 2.62 bits per heavy atom. The van der Waals surface area contributed by atoms with E-state index in [1.165, 1.54) is 25.4 Å². The number of benzene rings is 1. The number of nitrogens with zero attached hydrogens (tertiary/aromatic N) is 3. The lowest BCUT2D eigenvalue weighted by molar-refractivity contribution is -0.384. The molecule has 1 aromatic heterocycles. The summed E-state index contributed by atoms with van der Waals surface area (Å²) in [7, 11) is 2.51. The van der Waals surface area contributed by atoms with Crippen LogP contribution in [0, 0.1) is 21.4 Å². The quantitative estimate of drug-likeness (QED) is 0.477. The number of nitriles is 1. The molecule has 2 rings (SSSR count). The van der Waals surface area contributed by atoms with Gasteiger partial charge in [-0.15, -0.1) is 0 Å². The molecular formula is C14H11BrN4O5. The smallest absolute Gasteiger partial charge is 0.357 e. The Bertz CT molecular complexity index is 884. The minimum atomic E-state index is -0.828. The van der Waals surface area contributed by atoms with Gasteiger partial charge in [-0.05, 0) is 22.0 Å². The van der Waals surface area contributed by atoms with Crippen molar-refractivity contribution in [3.63, 3.8) is 0 Å². The van der Waals surface area contributed by atoms with E-state index in [4.69, 9.17) is 15.7 Å². The fourth-order valence-electron chi connectivity index (χ4n) is 2.15. The maximum atomic E-state index is 12.0. The molecule has 0 fully saturated rings. The van der Waals surface area contributed by atoms with Crippen molar-refractivity contribution in [2.45, 2.75) is 0 Å². The number of nitro groups is 1. The highest BCUT2D eigenvalue weighted by Crippen LogP contribution is 2.38. The molecule has 0 amide bonds. The number of aromatic nitrogens is 1. The standard InChI is InChI=1S/C14H11BrN4O5/c1-23-8-3-9(15)12(10(4-8)19(21)22)18-6-7(5-16)11(17)13(18)14(20)24-2/h3-4,6H,17H2,1-2H3. The molecule has 0 bridgehead atoms. The lowest BCUT2D eigenvalue weighted by atomic mass is 10.2. The first-order chi connectivity index (χ1) is 11.3. The monoisotopic (exact) mass is 394 g/mol. The van der Waals surface area contributed by atoms with Crippen molar-refractivity contribution in [1.29, 1.82) is 5.26 Å². The van der Waals surface area contributed by atoms with E-state index in [0.29, 0.717) is 0 Å². The predicted octanol–water partition coefficient (Wildman–Crippen LogP) is 2.40. The van der Waals surface area contributed by atoms with Gasteiger partial charge in [-0.2, -0.15) is 5.26 Å². The first kappa shape index (κ1) is 17.3. The van der Waals surface area contributed by atoms with Gasteiger partial charge in [-0.3, -0.25) is 10.1 Å². The molecule has 0 aliphatic heterocycles. The first-order valence-corrected chi connectivity index (χ1v) is 7.16. The number of hydrogen-bond donors (Lipinski definition) is 1. The van der Waals surface area contributed by atoms with Crippen LogP contribution in [0.1, 0.15) is 16.1 Å². The number of methoxy groups -OCH3 is 2. The predicted molar refractivity (Wildman–Crippen MR) is 87.1 cm³/mol. The van der Waals surface area contributed by atoms with Gasteiger partial charge in [0.1, 0.15) is 17.5 Å². The molecule has 0 aliphatic carbocycles. The second-order valence-corrected chi connectivity index (χ2v) is 5.37. The summed E-state index contributed by atoms with van der Waals surface area (Å²) in [6.07, 6.45) is 1.24. The van der Waals surface area contributed by atoms with Crippen LogP contribution in [0.4, 0.5) is 11.4 Å². The van der Waals surface area contributed by atoms with E-state index in [9.17, 15) is 14.9 Å². The molecule has 2 aromatic rings. The minimum Gasteiger partial charge on any atom is -0.496 e. The number of hydrogen-bond acceptors (Lipinski definition) is 7. The number of rotatable bonds is 4.